The lowest BCUT2D eigenvalue weighted by atomic mass is 10.0. The van der Waals surface area contributed by atoms with Crippen molar-refractivity contribution in [1.82, 2.24) is 0 Å². The first-order valence-corrected chi connectivity index (χ1v) is 8.42. The highest BCUT2D eigenvalue weighted by atomic mass is 32.1. The lowest BCUT2D eigenvalue weighted by Crippen LogP contribution is -1.88. The van der Waals surface area contributed by atoms with Crippen LogP contribution in [0.2, 0.25) is 0 Å². The lowest BCUT2D eigenvalue weighted by molar-refractivity contribution is 0.112. The second-order valence-electron chi connectivity index (χ2n) is 5.83. The Labute approximate surface area is 139 Å². The first-order chi connectivity index (χ1) is 11.2. The summed E-state index contributed by atoms with van der Waals surface area (Å²) in [6.45, 7) is 4.30. The van der Waals surface area contributed by atoms with E-state index in [0.717, 1.165) is 11.3 Å². The molecule has 2 aromatic carbocycles. The first-order valence-electron chi connectivity index (χ1n) is 7.60. The van der Waals surface area contributed by atoms with Crippen molar-refractivity contribution in [2.45, 2.75) is 20.0 Å². The van der Waals surface area contributed by atoms with Crippen molar-refractivity contribution in [3.63, 3.8) is 0 Å². The molecular weight excluding hydrogens is 304 g/mol. The Kier molecular flexibility index (Phi) is 3.31. The molecule has 2 nitrogen and oxygen atoms in total. The standard InChI is InChI=1S/C20H16O2S/c1-12-10-16(14-6-4-3-5-7-14)19-18(13(12)2)20(19)22-17-9-8-15(11-21)23-17/h3-11,20H,1-2H3. The molecule has 0 saturated carbocycles. The fourth-order valence-corrected chi connectivity index (χ4v) is 3.75. The van der Waals surface area contributed by atoms with Gasteiger partial charge in [-0.2, -0.15) is 0 Å². The van der Waals surface area contributed by atoms with Gasteiger partial charge < -0.3 is 4.74 Å². The van der Waals surface area contributed by atoms with Gasteiger partial charge in [-0.15, -0.1) is 0 Å². The van der Waals surface area contributed by atoms with Crippen molar-refractivity contribution in [2.75, 3.05) is 0 Å². The van der Waals surface area contributed by atoms with E-state index in [9.17, 15) is 4.79 Å². The van der Waals surface area contributed by atoms with Gasteiger partial charge in [0.15, 0.2) is 17.5 Å². The predicted molar refractivity (Wildman–Crippen MR) is 93.5 cm³/mol. The van der Waals surface area contributed by atoms with Gasteiger partial charge in [0.1, 0.15) is 0 Å². The average Bonchev–Trinajstić information content (AvgIpc) is 3.08. The Bertz CT molecular complexity index is 894. The number of carbonyl (C=O) groups is 1. The Balaban J connectivity index is 1.72. The number of rotatable bonds is 4. The predicted octanol–water partition coefficient (Wildman–Crippen LogP) is 5.33. The van der Waals surface area contributed by atoms with Crippen LogP contribution in [0.25, 0.3) is 11.1 Å². The molecule has 1 aliphatic carbocycles. The second-order valence-corrected chi connectivity index (χ2v) is 6.91. The average molecular weight is 320 g/mol. The molecular formula is C20H16O2S. The topological polar surface area (TPSA) is 26.3 Å². The Morgan fingerprint density at radius 1 is 1.04 bits per heavy atom. The third-order valence-corrected chi connectivity index (χ3v) is 5.32. The molecule has 1 atom stereocenters. The van der Waals surface area contributed by atoms with Crippen LogP contribution >= 0.6 is 11.3 Å². The summed E-state index contributed by atoms with van der Waals surface area (Å²) in [5.74, 6) is 0. The number of benzene rings is 2. The summed E-state index contributed by atoms with van der Waals surface area (Å²) in [5.41, 5.74) is 7.63. The van der Waals surface area contributed by atoms with Crippen molar-refractivity contribution < 1.29 is 9.53 Å². The van der Waals surface area contributed by atoms with Crippen LogP contribution in [0, 0.1) is 13.8 Å². The van der Waals surface area contributed by atoms with E-state index in [1.165, 1.54) is 44.7 Å². The minimum Gasteiger partial charge on any atom is -0.471 e. The molecule has 1 aliphatic rings. The van der Waals surface area contributed by atoms with Crippen LogP contribution in [0.4, 0.5) is 0 Å². The smallest absolute Gasteiger partial charge is 0.175 e. The molecule has 0 radical (unpaired) electrons. The van der Waals surface area contributed by atoms with E-state index in [2.05, 4.69) is 44.2 Å². The van der Waals surface area contributed by atoms with Gasteiger partial charge in [-0.05, 0) is 48.2 Å². The number of ether oxygens (including phenoxy) is 1. The van der Waals surface area contributed by atoms with Gasteiger partial charge in [-0.1, -0.05) is 47.7 Å². The molecule has 4 rings (SSSR count). The van der Waals surface area contributed by atoms with Crippen LogP contribution < -0.4 is 4.74 Å². The van der Waals surface area contributed by atoms with Crippen molar-refractivity contribution in [3.05, 3.63) is 75.7 Å². The van der Waals surface area contributed by atoms with Gasteiger partial charge in [-0.25, -0.2) is 0 Å². The third-order valence-electron chi connectivity index (χ3n) is 4.41. The van der Waals surface area contributed by atoms with E-state index in [-0.39, 0.29) is 6.10 Å². The van der Waals surface area contributed by atoms with E-state index in [1.54, 1.807) is 6.07 Å². The molecule has 1 heterocycles. The number of aldehydes is 1. The highest BCUT2D eigenvalue weighted by Crippen LogP contribution is 2.53. The van der Waals surface area contributed by atoms with E-state index in [0.29, 0.717) is 4.88 Å². The molecule has 0 fully saturated rings. The molecule has 23 heavy (non-hydrogen) atoms. The maximum absolute atomic E-state index is 10.8. The number of hydrogen-bond donors (Lipinski definition) is 0. The van der Waals surface area contributed by atoms with Crippen LogP contribution in [0.1, 0.15) is 38.0 Å². The summed E-state index contributed by atoms with van der Waals surface area (Å²) in [7, 11) is 0. The quantitative estimate of drug-likeness (QED) is 0.608. The second kappa shape index (κ2) is 5.36. The molecule has 3 aromatic rings. The van der Waals surface area contributed by atoms with Crippen LogP contribution in [-0.4, -0.2) is 6.29 Å². The van der Waals surface area contributed by atoms with Gasteiger partial charge in [0.05, 0.1) is 4.88 Å². The lowest BCUT2D eigenvalue weighted by Gasteiger charge is -2.04. The Morgan fingerprint density at radius 2 is 1.83 bits per heavy atom. The summed E-state index contributed by atoms with van der Waals surface area (Å²) in [6.07, 6.45) is 0.875. The molecule has 1 aromatic heterocycles. The SMILES string of the molecule is Cc1cc(-c2ccccc2)c2c(c1C)C2Oc1ccc(C=O)s1. The van der Waals surface area contributed by atoms with E-state index < -0.39 is 0 Å². The van der Waals surface area contributed by atoms with Crippen molar-refractivity contribution >= 4 is 17.6 Å². The molecule has 1 unspecified atom stereocenters. The van der Waals surface area contributed by atoms with Crippen LogP contribution in [0.15, 0.2) is 48.5 Å². The number of aryl methyl sites for hydroxylation is 1. The van der Waals surface area contributed by atoms with Gasteiger partial charge in [0.25, 0.3) is 0 Å². The fourth-order valence-electron chi connectivity index (χ4n) is 3.05. The van der Waals surface area contributed by atoms with Gasteiger partial charge in [0.2, 0.25) is 0 Å². The molecule has 3 heteroatoms. The maximum Gasteiger partial charge on any atom is 0.175 e. The number of carbonyl (C=O) groups excluding carboxylic acids is 1. The minimum absolute atomic E-state index is 0.0112. The third kappa shape index (κ3) is 2.37. The van der Waals surface area contributed by atoms with E-state index in [4.69, 9.17) is 4.74 Å². The first kappa shape index (κ1) is 14.2. The van der Waals surface area contributed by atoms with Crippen LogP contribution in [0.3, 0.4) is 0 Å². The van der Waals surface area contributed by atoms with Crippen LogP contribution in [0.5, 0.6) is 5.06 Å². The van der Waals surface area contributed by atoms with Crippen molar-refractivity contribution in [1.29, 1.82) is 0 Å². The largest absolute Gasteiger partial charge is 0.471 e. The van der Waals surface area contributed by atoms with Crippen LogP contribution in [-0.2, 0) is 0 Å². The molecule has 0 spiro atoms. The Morgan fingerprint density at radius 3 is 2.52 bits per heavy atom. The van der Waals surface area contributed by atoms with Gasteiger partial charge in [-0.3, -0.25) is 4.79 Å². The Hall–Kier alpha value is -2.39. The highest BCUT2D eigenvalue weighted by molar-refractivity contribution is 7.15. The normalized spacial score (nSPS) is 15.1. The number of fused-ring (bicyclic) bond motifs is 1. The molecule has 0 bridgehead atoms. The summed E-state index contributed by atoms with van der Waals surface area (Å²) in [6, 6.07) is 16.3. The monoisotopic (exact) mass is 320 g/mol. The highest BCUT2D eigenvalue weighted by Gasteiger charge is 2.41. The summed E-state index contributed by atoms with van der Waals surface area (Å²) in [5, 5.41) is 0.796. The minimum atomic E-state index is 0.0112. The van der Waals surface area contributed by atoms with Gasteiger partial charge in [0, 0.05) is 11.1 Å². The molecule has 0 amide bonds. The maximum atomic E-state index is 10.8. The zero-order chi connectivity index (χ0) is 16.0. The van der Waals surface area contributed by atoms with E-state index >= 15 is 0 Å². The zero-order valence-electron chi connectivity index (χ0n) is 13.0. The molecule has 0 aliphatic heterocycles. The molecule has 114 valence electrons. The van der Waals surface area contributed by atoms with Crippen molar-refractivity contribution in [2.24, 2.45) is 0 Å². The van der Waals surface area contributed by atoms with Crippen molar-refractivity contribution in [3.8, 4) is 16.2 Å². The summed E-state index contributed by atoms with van der Waals surface area (Å²) in [4.78, 5) is 11.5. The van der Waals surface area contributed by atoms with E-state index in [1.807, 2.05) is 12.1 Å². The summed E-state index contributed by atoms with van der Waals surface area (Å²) < 4.78 is 6.14. The zero-order valence-corrected chi connectivity index (χ0v) is 13.8. The molecule has 0 saturated heterocycles. The number of hydrogen-bond acceptors (Lipinski definition) is 3. The number of thiophene rings is 1. The van der Waals surface area contributed by atoms with Gasteiger partial charge >= 0.3 is 0 Å². The molecule has 0 N–H and O–H groups in total. The fraction of sp³-hybridized carbons (Fsp3) is 0.150. The summed E-state index contributed by atoms with van der Waals surface area (Å²) >= 11 is 1.39.